The molecular weight excluding hydrogens is 226 g/mol. The molecule has 0 fully saturated rings. The molecular formula is C10H9N3O2S. The Kier molecular flexibility index (Phi) is 2.82. The number of rotatable bonds is 2. The molecule has 0 amide bonds. The third-order valence-electron chi connectivity index (χ3n) is 1.88. The van der Waals surface area contributed by atoms with Crippen LogP contribution < -0.4 is 11.3 Å². The van der Waals surface area contributed by atoms with Gasteiger partial charge in [-0.1, -0.05) is 17.8 Å². The summed E-state index contributed by atoms with van der Waals surface area (Å²) < 4.78 is 0. The van der Waals surface area contributed by atoms with Gasteiger partial charge in [0.15, 0.2) is 0 Å². The minimum absolute atomic E-state index is 0.0795. The predicted molar refractivity (Wildman–Crippen MR) is 61.5 cm³/mol. The van der Waals surface area contributed by atoms with Crippen molar-refractivity contribution in [3.63, 3.8) is 0 Å². The van der Waals surface area contributed by atoms with E-state index in [0.717, 1.165) is 4.90 Å². The molecule has 0 aliphatic carbocycles. The number of H-pyrrole nitrogens is 1. The third kappa shape index (κ3) is 2.17. The molecule has 0 unspecified atom stereocenters. The quantitative estimate of drug-likeness (QED) is 0.680. The summed E-state index contributed by atoms with van der Waals surface area (Å²) in [6.07, 6.45) is 1.30. The van der Waals surface area contributed by atoms with Crippen molar-refractivity contribution < 1.29 is 5.11 Å². The van der Waals surface area contributed by atoms with Crippen molar-refractivity contribution in [2.75, 3.05) is 5.73 Å². The Morgan fingerprint density at radius 1 is 1.44 bits per heavy atom. The molecule has 2 rings (SSSR count). The molecule has 0 bridgehead atoms. The second kappa shape index (κ2) is 4.28. The van der Waals surface area contributed by atoms with E-state index < -0.39 is 0 Å². The van der Waals surface area contributed by atoms with E-state index in [0.29, 0.717) is 5.03 Å². The second-order valence-corrected chi connectivity index (χ2v) is 4.11. The van der Waals surface area contributed by atoms with Gasteiger partial charge in [-0.05, 0) is 18.2 Å². The van der Waals surface area contributed by atoms with Crippen LogP contribution in [0.15, 0.2) is 45.3 Å². The molecule has 0 saturated heterocycles. The van der Waals surface area contributed by atoms with Gasteiger partial charge in [-0.15, -0.1) is 0 Å². The molecule has 4 N–H and O–H groups in total. The average Bonchev–Trinajstić information content (AvgIpc) is 2.25. The van der Waals surface area contributed by atoms with Crippen molar-refractivity contribution in [2.45, 2.75) is 9.92 Å². The number of benzene rings is 1. The number of anilines is 1. The summed E-state index contributed by atoms with van der Waals surface area (Å²) >= 11 is 1.23. The number of phenols is 1. The number of nitrogen functional groups attached to an aromatic ring is 1. The molecule has 2 aromatic rings. The van der Waals surface area contributed by atoms with Gasteiger partial charge in [0.1, 0.15) is 16.5 Å². The first kappa shape index (κ1) is 10.6. The Hall–Kier alpha value is -1.95. The van der Waals surface area contributed by atoms with E-state index in [1.165, 1.54) is 18.1 Å². The molecule has 5 nitrogen and oxygen atoms in total. The highest BCUT2D eigenvalue weighted by atomic mass is 32.2. The van der Waals surface area contributed by atoms with Crippen LogP contribution >= 0.6 is 11.8 Å². The number of nitrogens with zero attached hydrogens (tertiary/aromatic N) is 1. The SMILES string of the molecule is Nc1c(Sc2cccc(O)c2)nc[nH]c1=O. The van der Waals surface area contributed by atoms with Gasteiger partial charge in [0.25, 0.3) is 5.56 Å². The molecule has 0 aliphatic heterocycles. The largest absolute Gasteiger partial charge is 0.508 e. The normalized spacial score (nSPS) is 10.2. The maximum atomic E-state index is 11.2. The minimum atomic E-state index is -0.363. The molecule has 0 spiro atoms. The standard InChI is InChI=1S/C10H9N3O2S/c11-8-9(15)12-5-13-10(8)16-7-3-1-2-6(14)4-7/h1-5,14H,11H2,(H,12,13,15). The van der Waals surface area contributed by atoms with Crippen molar-refractivity contribution in [1.29, 1.82) is 0 Å². The smallest absolute Gasteiger partial charge is 0.275 e. The fourth-order valence-corrected chi connectivity index (χ4v) is 1.99. The van der Waals surface area contributed by atoms with E-state index in [1.54, 1.807) is 24.3 Å². The summed E-state index contributed by atoms with van der Waals surface area (Å²) in [6, 6.07) is 6.65. The van der Waals surface area contributed by atoms with Crippen LogP contribution in [0.4, 0.5) is 5.69 Å². The Labute approximate surface area is 95.3 Å². The summed E-state index contributed by atoms with van der Waals surface area (Å²) in [5.74, 6) is 0.161. The Morgan fingerprint density at radius 2 is 2.25 bits per heavy atom. The monoisotopic (exact) mass is 235 g/mol. The summed E-state index contributed by atoms with van der Waals surface area (Å²) in [5.41, 5.74) is 5.30. The molecule has 0 aliphatic rings. The maximum absolute atomic E-state index is 11.2. The zero-order valence-corrected chi connectivity index (χ0v) is 8.99. The fraction of sp³-hybridized carbons (Fsp3) is 0. The van der Waals surface area contributed by atoms with Crippen LogP contribution in [0.3, 0.4) is 0 Å². The number of hydrogen-bond donors (Lipinski definition) is 3. The molecule has 0 saturated carbocycles. The van der Waals surface area contributed by atoms with Crippen LogP contribution in [-0.2, 0) is 0 Å². The second-order valence-electron chi connectivity index (χ2n) is 3.05. The Balaban J connectivity index is 2.34. The third-order valence-corrected chi connectivity index (χ3v) is 2.89. The fourth-order valence-electron chi connectivity index (χ4n) is 1.13. The van der Waals surface area contributed by atoms with Gasteiger partial charge in [-0.3, -0.25) is 4.79 Å². The highest BCUT2D eigenvalue weighted by Gasteiger charge is 2.06. The first-order valence-corrected chi connectivity index (χ1v) is 5.28. The number of phenolic OH excluding ortho intramolecular Hbond substituents is 1. The van der Waals surface area contributed by atoms with Gasteiger partial charge in [0, 0.05) is 4.90 Å². The minimum Gasteiger partial charge on any atom is -0.508 e. The van der Waals surface area contributed by atoms with Crippen LogP contribution in [-0.4, -0.2) is 15.1 Å². The van der Waals surface area contributed by atoms with Crippen molar-refractivity contribution in [2.24, 2.45) is 0 Å². The van der Waals surface area contributed by atoms with E-state index in [4.69, 9.17) is 5.73 Å². The van der Waals surface area contributed by atoms with Gasteiger partial charge in [0.2, 0.25) is 0 Å². The van der Waals surface area contributed by atoms with Crippen LogP contribution in [0, 0.1) is 0 Å². The molecule has 0 radical (unpaired) electrons. The molecule has 1 aromatic carbocycles. The number of nitrogens with two attached hydrogens (primary N) is 1. The van der Waals surface area contributed by atoms with Gasteiger partial charge >= 0.3 is 0 Å². The average molecular weight is 235 g/mol. The zero-order valence-electron chi connectivity index (χ0n) is 8.18. The number of aromatic amines is 1. The van der Waals surface area contributed by atoms with Gasteiger partial charge in [-0.2, -0.15) is 0 Å². The first-order valence-electron chi connectivity index (χ1n) is 4.47. The molecule has 1 aromatic heterocycles. The highest BCUT2D eigenvalue weighted by molar-refractivity contribution is 7.99. The van der Waals surface area contributed by atoms with E-state index >= 15 is 0 Å². The van der Waals surface area contributed by atoms with Crippen molar-refractivity contribution >= 4 is 17.4 Å². The molecule has 0 atom stereocenters. The van der Waals surface area contributed by atoms with Gasteiger partial charge in [0.05, 0.1) is 6.33 Å². The van der Waals surface area contributed by atoms with E-state index in [-0.39, 0.29) is 17.0 Å². The maximum Gasteiger partial charge on any atom is 0.275 e. The Bertz CT molecular complexity index is 568. The summed E-state index contributed by atoms with van der Waals surface area (Å²) in [4.78, 5) is 18.3. The summed E-state index contributed by atoms with van der Waals surface area (Å²) in [7, 11) is 0. The molecule has 6 heteroatoms. The topological polar surface area (TPSA) is 92.0 Å². The lowest BCUT2D eigenvalue weighted by atomic mass is 10.3. The van der Waals surface area contributed by atoms with Crippen LogP contribution in [0.1, 0.15) is 0 Å². The Morgan fingerprint density at radius 3 is 3.00 bits per heavy atom. The van der Waals surface area contributed by atoms with E-state index in [2.05, 4.69) is 9.97 Å². The number of aromatic nitrogens is 2. The van der Waals surface area contributed by atoms with Crippen LogP contribution in [0.25, 0.3) is 0 Å². The lowest BCUT2D eigenvalue weighted by Crippen LogP contribution is -2.13. The van der Waals surface area contributed by atoms with E-state index in [1.807, 2.05) is 0 Å². The zero-order chi connectivity index (χ0) is 11.5. The predicted octanol–water partition coefficient (Wildman–Crippen LogP) is 1.21. The molecule has 1 heterocycles. The first-order chi connectivity index (χ1) is 7.66. The van der Waals surface area contributed by atoms with Crippen molar-refractivity contribution in [3.8, 4) is 5.75 Å². The van der Waals surface area contributed by atoms with Gasteiger partial charge in [-0.25, -0.2) is 4.98 Å². The number of nitrogens with one attached hydrogen (secondary N) is 1. The van der Waals surface area contributed by atoms with Gasteiger partial charge < -0.3 is 15.8 Å². The lowest BCUT2D eigenvalue weighted by Gasteiger charge is -2.03. The van der Waals surface area contributed by atoms with Crippen molar-refractivity contribution in [1.82, 2.24) is 9.97 Å². The number of hydrogen-bond acceptors (Lipinski definition) is 5. The van der Waals surface area contributed by atoms with Crippen LogP contribution in [0.5, 0.6) is 5.75 Å². The van der Waals surface area contributed by atoms with E-state index in [9.17, 15) is 9.90 Å². The number of aromatic hydroxyl groups is 1. The highest BCUT2D eigenvalue weighted by Crippen LogP contribution is 2.29. The van der Waals surface area contributed by atoms with Crippen LogP contribution in [0.2, 0.25) is 0 Å². The molecule has 82 valence electrons. The summed E-state index contributed by atoms with van der Waals surface area (Å²) in [5, 5.41) is 9.71. The summed E-state index contributed by atoms with van der Waals surface area (Å²) in [6.45, 7) is 0. The lowest BCUT2D eigenvalue weighted by molar-refractivity contribution is 0.474. The molecule has 16 heavy (non-hydrogen) atoms. The van der Waals surface area contributed by atoms with Crippen molar-refractivity contribution in [3.05, 3.63) is 40.9 Å².